The van der Waals surface area contributed by atoms with Gasteiger partial charge in [-0.05, 0) is 149 Å². The molecule has 0 spiro atoms. The number of hydrogen-bond acceptors (Lipinski definition) is 2. The Morgan fingerprint density at radius 1 is 0.452 bits per heavy atom. The molecule has 4 nitrogen and oxygen atoms in total. The van der Waals surface area contributed by atoms with E-state index in [0.717, 1.165) is 48.7 Å². The Morgan fingerprint density at radius 3 is 1.57 bits per heavy atom. The van der Waals surface area contributed by atoms with Crippen molar-refractivity contribution < 1.29 is 0 Å². The summed E-state index contributed by atoms with van der Waals surface area (Å²) < 4.78 is 4.48. The van der Waals surface area contributed by atoms with Gasteiger partial charge in [0, 0.05) is 34.2 Å². The van der Waals surface area contributed by atoms with Gasteiger partial charge in [-0.1, -0.05) is 36.4 Å². The van der Waals surface area contributed by atoms with E-state index in [0.29, 0.717) is 0 Å². The minimum atomic E-state index is 0.920. The minimum absolute atomic E-state index is 0.920. The van der Waals surface area contributed by atoms with Crippen molar-refractivity contribution >= 4 is 10.8 Å². The lowest BCUT2D eigenvalue weighted by Gasteiger charge is -2.12. The standard InChI is InChI=1S/C38H40N4/c1-25-19-36(40-37(20-25)41-27(3)7-8-28(41)4)18-15-32-14-17-34-16-13-31(22-35(34)23-32)11-12-33-21-26(2)39-38(24-33)42-29(5)9-10-30(42)6/h7-10,13-14,16-17,19-24H,11-12,15,18H2,1-6H3. The molecule has 42 heavy (non-hydrogen) atoms. The van der Waals surface area contributed by atoms with Gasteiger partial charge in [0.2, 0.25) is 0 Å². The summed E-state index contributed by atoms with van der Waals surface area (Å²) >= 11 is 0. The molecule has 0 saturated carbocycles. The fourth-order valence-electron chi connectivity index (χ4n) is 6.22. The van der Waals surface area contributed by atoms with Crippen LogP contribution in [0.5, 0.6) is 0 Å². The lowest BCUT2D eigenvalue weighted by atomic mass is 9.98. The zero-order valence-corrected chi connectivity index (χ0v) is 25.7. The van der Waals surface area contributed by atoms with Gasteiger partial charge in [0.1, 0.15) is 11.6 Å². The number of benzene rings is 2. The summed E-state index contributed by atoms with van der Waals surface area (Å²) in [5, 5.41) is 2.60. The van der Waals surface area contributed by atoms with Gasteiger partial charge in [0.05, 0.1) is 0 Å². The number of fused-ring (bicyclic) bond motifs is 1. The lowest BCUT2D eigenvalue weighted by Crippen LogP contribution is -2.05. The predicted molar refractivity (Wildman–Crippen MR) is 174 cm³/mol. The summed E-state index contributed by atoms with van der Waals surface area (Å²) in [6, 6.07) is 31.3. The summed E-state index contributed by atoms with van der Waals surface area (Å²) in [5.41, 5.74) is 12.4. The molecular weight excluding hydrogens is 512 g/mol. The minimum Gasteiger partial charge on any atom is -0.303 e. The Bertz CT molecular complexity index is 1730. The van der Waals surface area contributed by atoms with Gasteiger partial charge in [0.25, 0.3) is 0 Å². The van der Waals surface area contributed by atoms with Gasteiger partial charge in [0.15, 0.2) is 0 Å². The van der Waals surface area contributed by atoms with Crippen molar-refractivity contribution in [3.8, 4) is 11.6 Å². The quantitative estimate of drug-likeness (QED) is 0.189. The van der Waals surface area contributed by atoms with Crippen LogP contribution < -0.4 is 0 Å². The highest BCUT2D eigenvalue weighted by molar-refractivity contribution is 5.83. The van der Waals surface area contributed by atoms with Crippen LogP contribution in [0.3, 0.4) is 0 Å². The zero-order chi connectivity index (χ0) is 29.4. The largest absolute Gasteiger partial charge is 0.303 e. The molecule has 6 rings (SSSR count). The van der Waals surface area contributed by atoms with Crippen LogP contribution in [0.2, 0.25) is 0 Å². The summed E-state index contributed by atoms with van der Waals surface area (Å²) in [6.45, 7) is 12.8. The van der Waals surface area contributed by atoms with Gasteiger partial charge in [-0.3, -0.25) is 0 Å². The molecular formula is C38H40N4. The van der Waals surface area contributed by atoms with Crippen molar-refractivity contribution in [2.45, 2.75) is 67.2 Å². The summed E-state index contributed by atoms with van der Waals surface area (Å²) in [6.07, 6.45) is 3.88. The van der Waals surface area contributed by atoms with E-state index in [1.807, 2.05) is 0 Å². The van der Waals surface area contributed by atoms with E-state index in [9.17, 15) is 0 Å². The molecule has 0 aliphatic rings. The normalized spacial score (nSPS) is 11.5. The first kappa shape index (κ1) is 27.7. The molecule has 0 saturated heterocycles. The molecule has 0 N–H and O–H groups in total. The molecule has 0 aliphatic carbocycles. The number of aromatic nitrogens is 4. The van der Waals surface area contributed by atoms with E-state index in [2.05, 4.69) is 136 Å². The van der Waals surface area contributed by atoms with Crippen molar-refractivity contribution in [3.05, 3.63) is 141 Å². The van der Waals surface area contributed by atoms with E-state index in [4.69, 9.17) is 9.97 Å². The predicted octanol–water partition coefficient (Wildman–Crippen LogP) is 8.63. The van der Waals surface area contributed by atoms with Crippen LogP contribution in [0.1, 0.15) is 56.4 Å². The van der Waals surface area contributed by atoms with Crippen molar-refractivity contribution in [2.24, 2.45) is 0 Å². The third kappa shape index (κ3) is 5.80. The Hall–Kier alpha value is -4.44. The van der Waals surface area contributed by atoms with Crippen LogP contribution in [-0.4, -0.2) is 19.1 Å². The second-order valence-corrected chi connectivity index (χ2v) is 11.9. The molecule has 6 aromatic rings. The van der Waals surface area contributed by atoms with Crippen molar-refractivity contribution in [3.63, 3.8) is 0 Å². The summed E-state index contributed by atoms with van der Waals surface area (Å²) in [4.78, 5) is 9.87. The Morgan fingerprint density at radius 2 is 0.976 bits per heavy atom. The smallest absolute Gasteiger partial charge is 0.137 e. The molecule has 4 heteroatoms. The van der Waals surface area contributed by atoms with Gasteiger partial charge >= 0.3 is 0 Å². The molecule has 0 amide bonds. The average molecular weight is 553 g/mol. The average Bonchev–Trinajstić information content (AvgIpc) is 3.48. The summed E-state index contributed by atoms with van der Waals surface area (Å²) in [7, 11) is 0. The first-order valence-corrected chi connectivity index (χ1v) is 15.0. The Balaban J connectivity index is 1.17. The van der Waals surface area contributed by atoms with Crippen LogP contribution >= 0.6 is 0 Å². The number of aryl methyl sites for hydroxylation is 10. The molecule has 0 unspecified atom stereocenters. The van der Waals surface area contributed by atoms with E-state index in [1.54, 1.807) is 0 Å². The highest BCUT2D eigenvalue weighted by atomic mass is 15.1. The number of pyridine rings is 2. The Kier molecular flexibility index (Phi) is 7.55. The molecule has 212 valence electrons. The molecule has 0 fully saturated rings. The van der Waals surface area contributed by atoms with Crippen LogP contribution in [0.25, 0.3) is 22.4 Å². The van der Waals surface area contributed by atoms with Gasteiger partial charge in [-0.25, -0.2) is 9.97 Å². The number of rotatable bonds is 8. The third-order valence-electron chi connectivity index (χ3n) is 8.35. The van der Waals surface area contributed by atoms with Crippen molar-refractivity contribution in [1.29, 1.82) is 0 Å². The maximum Gasteiger partial charge on any atom is 0.137 e. The van der Waals surface area contributed by atoms with Crippen LogP contribution in [0.15, 0.2) is 84.9 Å². The van der Waals surface area contributed by atoms with Crippen molar-refractivity contribution in [2.75, 3.05) is 0 Å². The van der Waals surface area contributed by atoms with Crippen molar-refractivity contribution in [1.82, 2.24) is 19.1 Å². The first-order valence-electron chi connectivity index (χ1n) is 15.0. The maximum absolute atomic E-state index is 5.04. The van der Waals surface area contributed by atoms with E-state index in [-0.39, 0.29) is 0 Å². The van der Waals surface area contributed by atoms with Gasteiger partial charge in [-0.15, -0.1) is 0 Å². The maximum atomic E-state index is 5.04. The highest BCUT2D eigenvalue weighted by Gasteiger charge is 2.10. The molecule has 4 aromatic heterocycles. The molecule has 0 radical (unpaired) electrons. The second-order valence-electron chi connectivity index (χ2n) is 11.9. The molecule has 4 heterocycles. The molecule has 0 aliphatic heterocycles. The van der Waals surface area contributed by atoms with E-state index in [1.165, 1.54) is 55.8 Å². The number of hydrogen-bond donors (Lipinski definition) is 0. The topological polar surface area (TPSA) is 35.6 Å². The monoisotopic (exact) mass is 552 g/mol. The van der Waals surface area contributed by atoms with E-state index < -0.39 is 0 Å². The third-order valence-corrected chi connectivity index (χ3v) is 8.35. The van der Waals surface area contributed by atoms with Crippen LogP contribution in [0, 0.1) is 41.5 Å². The van der Waals surface area contributed by atoms with Crippen LogP contribution in [-0.2, 0) is 25.7 Å². The summed E-state index contributed by atoms with van der Waals surface area (Å²) in [5.74, 6) is 2.03. The number of nitrogens with zero attached hydrogens (tertiary/aromatic N) is 4. The SMILES string of the molecule is Cc1cc(CCc2ccc3ccc(CCc4cc(C)nc(-n5c(C)ccc5C)c4)cc3c2)nc(-n2c(C)ccc2C)c1. The first-order chi connectivity index (χ1) is 20.2. The van der Waals surface area contributed by atoms with E-state index >= 15 is 0 Å². The highest BCUT2D eigenvalue weighted by Crippen LogP contribution is 2.23. The lowest BCUT2D eigenvalue weighted by molar-refractivity contribution is 0.862. The van der Waals surface area contributed by atoms with Crippen LogP contribution in [0.4, 0.5) is 0 Å². The molecule has 2 aromatic carbocycles. The fourth-order valence-corrected chi connectivity index (χ4v) is 6.22. The second kappa shape index (κ2) is 11.4. The fraction of sp³-hybridized carbons (Fsp3) is 0.263. The van der Waals surface area contributed by atoms with Gasteiger partial charge < -0.3 is 9.13 Å². The molecule has 0 bridgehead atoms. The molecule has 0 atom stereocenters. The van der Waals surface area contributed by atoms with Gasteiger partial charge in [-0.2, -0.15) is 0 Å². The Labute approximate surface area is 249 Å². The zero-order valence-electron chi connectivity index (χ0n) is 25.7.